The van der Waals surface area contributed by atoms with Crippen molar-refractivity contribution in [1.82, 2.24) is 35.4 Å². The van der Waals surface area contributed by atoms with Gasteiger partial charge in [0.1, 0.15) is 29.9 Å². The third kappa shape index (κ3) is 5.83. The van der Waals surface area contributed by atoms with Crippen LogP contribution in [0.1, 0.15) is 5.69 Å². The number of carbonyl (C=O) groups is 4. The quantitative estimate of drug-likeness (QED) is 0.150. The fourth-order valence-corrected chi connectivity index (χ4v) is 6.43. The zero-order valence-electron chi connectivity index (χ0n) is 19.6. The van der Waals surface area contributed by atoms with Crippen LogP contribution in [0, 0.1) is 0 Å². The predicted octanol–water partition coefficient (Wildman–Crippen LogP) is 0.0488. The van der Waals surface area contributed by atoms with E-state index in [-0.39, 0.29) is 22.9 Å². The molecule has 21 heteroatoms. The number of nitrogens with one attached hydrogen (secondary N) is 2. The third-order valence-electron chi connectivity index (χ3n) is 5.12. The molecule has 2 aromatic rings. The summed E-state index contributed by atoms with van der Waals surface area (Å²) in [6, 6.07) is -1.13. The topological polar surface area (TPSA) is 194 Å². The standard InChI is InChI=1S/C18H16F3N9O6S3/c1-29-17(25-27-28-29)39-4-6-3-37-13-9(12(32)30(13)10(6)14(33)34)23-11(31)8(26-36-2)7-5-38-16(22-7)24-15(35)18(19,20)21/h5,9,13H,3-4H2,1-2H3,(H,23,31)(H,33,34)(H,22,24,35)/t9?,13-/m1/s1. The molecule has 1 fully saturated rings. The number of oxime groups is 1. The number of carboxylic acid groups (broad SMARTS) is 1. The number of halogens is 3. The van der Waals surface area contributed by atoms with Crippen molar-refractivity contribution in [2.24, 2.45) is 12.2 Å². The first-order valence-corrected chi connectivity index (χ1v) is 13.3. The number of aromatic nitrogens is 5. The van der Waals surface area contributed by atoms with E-state index < -0.39 is 52.1 Å². The summed E-state index contributed by atoms with van der Waals surface area (Å²) in [5.41, 5.74) is -0.434. The van der Waals surface area contributed by atoms with Gasteiger partial charge in [0.15, 0.2) is 10.8 Å². The predicted molar refractivity (Wildman–Crippen MR) is 130 cm³/mol. The summed E-state index contributed by atoms with van der Waals surface area (Å²) in [4.78, 5) is 58.5. The van der Waals surface area contributed by atoms with Crippen LogP contribution in [0.4, 0.5) is 18.3 Å². The lowest BCUT2D eigenvalue weighted by molar-refractivity contribution is -0.167. The minimum Gasteiger partial charge on any atom is -0.477 e. The van der Waals surface area contributed by atoms with Gasteiger partial charge in [0, 0.05) is 23.9 Å². The average Bonchev–Trinajstić information content (AvgIpc) is 3.51. The van der Waals surface area contributed by atoms with E-state index in [0.29, 0.717) is 22.1 Å². The van der Waals surface area contributed by atoms with Crippen molar-refractivity contribution in [3.05, 3.63) is 22.3 Å². The smallest absolute Gasteiger partial charge is 0.471 e. The van der Waals surface area contributed by atoms with Gasteiger partial charge in [0.25, 0.3) is 11.8 Å². The molecule has 2 aliphatic rings. The molecule has 3 amide bonds. The Labute approximate surface area is 228 Å². The number of thiazole rings is 1. The highest BCUT2D eigenvalue weighted by molar-refractivity contribution is 8.01. The Kier molecular flexibility index (Phi) is 8.11. The molecule has 0 saturated carbocycles. The zero-order valence-corrected chi connectivity index (χ0v) is 22.1. The number of fused-ring (bicyclic) bond motifs is 1. The summed E-state index contributed by atoms with van der Waals surface area (Å²) in [6.45, 7) is 0. The lowest BCUT2D eigenvalue weighted by Crippen LogP contribution is -2.71. The first kappa shape index (κ1) is 28.3. The number of carbonyl (C=O) groups excluding carboxylic acids is 3. The Morgan fingerprint density at radius 3 is 2.72 bits per heavy atom. The maximum absolute atomic E-state index is 12.9. The van der Waals surface area contributed by atoms with E-state index in [1.54, 1.807) is 12.4 Å². The molecule has 1 saturated heterocycles. The average molecular weight is 608 g/mol. The third-order valence-corrected chi connectivity index (χ3v) is 8.31. The Balaban J connectivity index is 1.46. The molecule has 4 heterocycles. The van der Waals surface area contributed by atoms with Gasteiger partial charge >= 0.3 is 18.1 Å². The van der Waals surface area contributed by atoms with Crippen LogP contribution in [0.2, 0.25) is 0 Å². The number of anilines is 1. The number of hydrogen-bond donors (Lipinski definition) is 3. The molecule has 1 unspecified atom stereocenters. The minimum absolute atomic E-state index is 0.202. The van der Waals surface area contributed by atoms with Crippen molar-refractivity contribution in [2.75, 3.05) is 23.9 Å². The lowest BCUT2D eigenvalue weighted by atomic mass is 10.0. The van der Waals surface area contributed by atoms with Crippen molar-refractivity contribution < 1.29 is 42.3 Å². The second-order valence-corrected chi connectivity index (χ2v) is 10.5. The first-order chi connectivity index (χ1) is 18.4. The van der Waals surface area contributed by atoms with Crippen LogP contribution in [0.15, 0.2) is 27.0 Å². The number of nitrogens with zero attached hydrogens (tertiary/aromatic N) is 7. The molecule has 15 nitrogen and oxygen atoms in total. The van der Waals surface area contributed by atoms with Gasteiger partial charge in [-0.05, 0) is 16.0 Å². The van der Waals surface area contributed by atoms with Gasteiger partial charge in [-0.25, -0.2) is 14.5 Å². The van der Waals surface area contributed by atoms with Gasteiger partial charge in [-0.2, -0.15) is 13.2 Å². The number of rotatable bonds is 9. The fourth-order valence-electron chi connectivity index (χ4n) is 3.40. The minimum atomic E-state index is -5.14. The molecule has 39 heavy (non-hydrogen) atoms. The molecule has 0 spiro atoms. The van der Waals surface area contributed by atoms with Crippen LogP contribution >= 0.6 is 34.9 Å². The van der Waals surface area contributed by atoms with Crippen molar-refractivity contribution in [1.29, 1.82) is 0 Å². The first-order valence-electron chi connectivity index (χ1n) is 10.4. The van der Waals surface area contributed by atoms with Gasteiger partial charge in [-0.1, -0.05) is 16.9 Å². The van der Waals surface area contributed by atoms with Crippen LogP contribution in [0.5, 0.6) is 0 Å². The summed E-state index contributed by atoms with van der Waals surface area (Å²) in [5.74, 6) is -4.75. The molecule has 0 aliphatic carbocycles. The van der Waals surface area contributed by atoms with Crippen molar-refractivity contribution in [3.8, 4) is 0 Å². The van der Waals surface area contributed by atoms with Gasteiger partial charge in [0.2, 0.25) is 5.16 Å². The highest BCUT2D eigenvalue weighted by Gasteiger charge is 2.54. The van der Waals surface area contributed by atoms with Gasteiger partial charge in [-0.15, -0.1) is 28.2 Å². The second-order valence-electron chi connectivity index (χ2n) is 7.60. The molecule has 4 rings (SSSR count). The Bertz CT molecular complexity index is 1390. The number of β-lactam (4-membered cyclic amide) rings is 1. The van der Waals surface area contributed by atoms with E-state index in [1.165, 1.54) is 28.2 Å². The van der Waals surface area contributed by atoms with E-state index in [4.69, 9.17) is 0 Å². The van der Waals surface area contributed by atoms with Crippen molar-refractivity contribution >= 4 is 69.4 Å². The summed E-state index contributed by atoms with van der Waals surface area (Å²) in [5, 5.41) is 28.8. The summed E-state index contributed by atoms with van der Waals surface area (Å²) >= 11 is 3.03. The number of aryl methyl sites for hydroxylation is 1. The monoisotopic (exact) mass is 607 g/mol. The number of amides is 3. The van der Waals surface area contributed by atoms with Crippen LogP contribution in [0.3, 0.4) is 0 Å². The van der Waals surface area contributed by atoms with Crippen LogP contribution in [-0.2, 0) is 31.1 Å². The largest absolute Gasteiger partial charge is 0.477 e. The molecule has 2 aliphatic heterocycles. The highest BCUT2D eigenvalue weighted by Crippen LogP contribution is 2.41. The zero-order chi connectivity index (χ0) is 28.5. The van der Waals surface area contributed by atoms with E-state index in [0.717, 1.165) is 17.4 Å². The number of tetrazole rings is 1. The molecule has 0 aromatic carbocycles. The van der Waals surface area contributed by atoms with Crippen LogP contribution < -0.4 is 10.6 Å². The Hall–Kier alpha value is -3.72. The maximum atomic E-state index is 12.9. The highest BCUT2D eigenvalue weighted by atomic mass is 32.2. The molecule has 3 N–H and O–H groups in total. The van der Waals surface area contributed by atoms with Crippen LogP contribution in [0.25, 0.3) is 0 Å². The van der Waals surface area contributed by atoms with Gasteiger partial charge < -0.3 is 15.3 Å². The maximum Gasteiger partial charge on any atom is 0.471 e. The van der Waals surface area contributed by atoms with Crippen molar-refractivity contribution in [3.63, 3.8) is 0 Å². The Morgan fingerprint density at radius 1 is 1.36 bits per heavy atom. The second kappa shape index (κ2) is 11.2. The summed E-state index contributed by atoms with van der Waals surface area (Å²) < 4.78 is 38.9. The van der Waals surface area contributed by atoms with E-state index >= 15 is 0 Å². The molecule has 2 atom stereocenters. The van der Waals surface area contributed by atoms with Gasteiger partial charge in [-0.3, -0.25) is 24.6 Å². The normalized spacial score (nSPS) is 19.4. The van der Waals surface area contributed by atoms with E-state index in [1.807, 2.05) is 0 Å². The van der Waals surface area contributed by atoms with Crippen LogP contribution in [-0.4, -0.2) is 101 Å². The van der Waals surface area contributed by atoms with Crippen molar-refractivity contribution in [2.45, 2.75) is 22.7 Å². The Morgan fingerprint density at radius 2 is 2.10 bits per heavy atom. The lowest BCUT2D eigenvalue weighted by Gasteiger charge is -2.49. The number of alkyl halides is 3. The molecular formula is C18H16F3N9O6S3. The van der Waals surface area contributed by atoms with E-state index in [2.05, 4.69) is 35.8 Å². The number of hydrogen-bond acceptors (Lipinski definition) is 13. The van der Waals surface area contributed by atoms with Gasteiger partial charge in [0.05, 0.1) is 0 Å². The summed E-state index contributed by atoms with van der Waals surface area (Å²) in [7, 11) is 2.73. The SMILES string of the molecule is CON=C(C(=O)NC1C(=O)N2C(C(=O)O)=C(CSc3nnnn3C)CS[C@H]12)c1csc(NC(=O)C(F)(F)F)n1. The molecule has 0 bridgehead atoms. The molecule has 0 radical (unpaired) electrons. The number of carboxylic acids is 1. The fraction of sp³-hybridized carbons (Fsp3) is 0.389. The molecular weight excluding hydrogens is 591 g/mol. The summed E-state index contributed by atoms with van der Waals surface area (Å²) in [6.07, 6.45) is -5.14. The molecule has 2 aromatic heterocycles. The number of aliphatic carboxylic acids is 1. The molecule has 208 valence electrons. The van der Waals surface area contributed by atoms with E-state index in [9.17, 15) is 37.5 Å². The number of thioether (sulfide) groups is 2.